The molecule has 0 spiro atoms. The molecule has 108 valence electrons. The van der Waals surface area contributed by atoms with Gasteiger partial charge in [-0.25, -0.2) is 0 Å². The van der Waals surface area contributed by atoms with Crippen LogP contribution >= 0.6 is 0 Å². The van der Waals surface area contributed by atoms with E-state index in [-0.39, 0.29) is 6.10 Å². The van der Waals surface area contributed by atoms with Gasteiger partial charge in [-0.1, -0.05) is 20.8 Å². The highest BCUT2D eigenvalue weighted by atomic mass is 16.5. The van der Waals surface area contributed by atoms with Crippen molar-refractivity contribution in [2.45, 2.75) is 65.5 Å². The molecule has 0 heterocycles. The summed E-state index contributed by atoms with van der Waals surface area (Å²) >= 11 is 0. The Morgan fingerprint density at radius 3 is 2.44 bits per heavy atom. The molecule has 0 aliphatic heterocycles. The minimum atomic E-state index is -0.881. The minimum absolute atomic E-state index is 0.189. The van der Waals surface area contributed by atoms with Gasteiger partial charge in [-0.2, -0.15) is 0 Å². The molecule has 2 unspecified atom stereocenters. The Balaban J connectivity index is 4.08. The van der Waals surface area contributed by atoms with Gasteiger partial charge in [0.15, 0.2) is 0 Å². The van der Waals surface area contributed by atoms with Gasteiger partial charge in [-0.3, -0.25) is 4.79 Å². The molecule has 4 nitrogen and oxygen atoms in total. The molecule has 0 saturated carbocycles. The van der Waals surface area contributed by atoms with Gasteiger partial charge in [0.25, 0.3) is 0 Å². The van der Waals surface area contributed by atoms with Crippen molar-refractivity contribution in [1.82, 2.24) is 5.32 Å². The van der Waals surface area contributed by atoms with Crippen molar-refractivity contribution >= 4 is 5.97 Å². The molecule has 2 atom stereocenters. The summed E-state index contributed by atoms with van der Waals surface area (Å²) in [5.74, 6) is -0.208. The first-order valence-corrected chi connectivity index (χ1v) is 6.91. The van der Waals surface area contributed by atoms with Gasteiger partial charge in [0, 0.05) is 6.61 Å². The maximum atomic E-state index is 11.3. The molecule has 0 aromatic carbocycles. The third-order valence-corrected chi connectivity index (χ3v) is 3.04. The summed E-state index contributed by atoms with van der Waals surface area (Å²) in [6.45, 7) is 11.3. The number of rotatable bonds is 10. The van der Waals surface area contributed by atoms with E-state index in [2.05, 4.69) is 19.2 Å². The van der Waals surface area contributed by atoms with Crippen molar-refractivity contribution in [1.29, 1.82) is 0 Å². The van der Waals surface area contributed by atoms with Crippen molar-refractivity contribution < 1.29 is 14.6 Å². The summed E-state index contributed by atoms with van der Waals surface area (Å²) in [6, 6.07) is 0. The maximum absolute atomic E-state index is 11.3. The Kier molecular flexibility index (Phi) is 8.20. The van der Waals surface area contributed by atoms with Gasteiger partial charge in [-0.05, 0) is 45.6 Å². The van der Waals surface area contributed by atoms with Crippen molar-refractivity contribution in [2.24, 2.45) is 5.92 Å². The van der Waals surface area contributed by atoms with E-state index in [0.717, 1.165) is 12.8 Å². The Hall–Kier alpha value is -0.610. The molecule has 0 rings (SSSR count). The van der Waals surface area contributed by atoms with E-state index >= 15 is 0 Å². The second kappa shape index (κ2) is 8.48. The van der Waals surface area contributed by atoms with E-state index in [1.807, 2.05) is 13.8 Å². The fourth-order valence-electron chi connectivity index (χ4n) is 1.87. The van der Waals surface area contributed by atoms with Crippen molar-refractivity contribution in [3.8, 4) is 0 Å². The SMILES string of the molecule is CCCNC(C)(CCOC(C)CC(C)C)C(=O)O. The molecule has 18 heavy (non-hydrogen) atoms. The molecule has 0 amide bonds. The topological polar surface area (TPSA) is 58.6 Å². The number of carboxylic acids is 1. The zero-order valence-electron chi connectivity index (χ0n) is 12.5. The number of carboxylic acid groups (broad SMARTS) is 1. The zero-order chi connectivity index (χ0) is 14.2. The lowest BCUT2D eigenvalue weighted by Crippen LogP contribution is -2.50. The van der Waals surface area contributed by atoms with Gasteiger partial charge >= 0.3 is 5.97 Å². The van der Waals surface area contributed by atoms with Crippen molar-refractivity contribution in [2.75, 3.05) is 13.2 Å². The first-order valence-electron chi connectivity index (χ1n) is 6.91. The van der Waals surface area contributed by atoms with E-state index in [1.165, 1.54) is 0 Å². The van der Waals surface area contributed by atoms with E-state index in [0.29, 0.717) is 25.5 Å². The average molecular weight is 259 g/mol. The number of hydrogen-bond acceptors (Lipinski definition) is 3. The molecule has 0 bridgehead atoms. The number of ether oxygens (including phenoxy) is 1. The predicted octanol–water partition coefficient (Wildman–Crippen LogP) is 2.67. The second-order valence-corrected chi connectivity index (χ2v) is 5.62. The lowest BCUT2D eigenvalue weighted by molar-refractivity contribution is -0.145. The highest BCUT2D eigenvalue weighted by Gasteiger charge is 2.31. The summed E-state index contributed by atoms with van der Waals surface area (Å²) in [5.41, 5.74) is -0.881. The van der Waals surface area contributed by atoms with Crippen LogP contribution in [-0.4, -0.2) is 35.9 Å². The van der Waals surface area contributed by atoms with Crippen LogP contribution in [0.2, 0.25) is 0 Å². The Morgan fingerprint density at radius 2 is 2.00 bits per heavy atom. The third kappa shape index (κ3) is 6.97. The number of hydrogen-bond donors (Lipinski definition) is 2. The molecule has 0 aliphatic rings. The summed E-state index contributed by atoms with van der Waals surface area (Å²) in [7, 11) is 0. The number of carbonyl (C=O) groups is 1. The molecule has 0 saturated heterocycles. The van der Waals surface area contributed by atoms with E-state index < -0.39 is 11.5 Å². The van der Waals surface area contributed by atoms with E-state index in [4.69, 9.17) is 4.74 Å². The van der Waals surface area contributed by atoms with Crippen LogP contribution in [0.4, 0.5) is 0 Å². The monoisotopic (exact) mass is 259 g/mol. The smallest absolute Gasteiger partial charge is 0.323 e. The molecule has 2 N–H and O–H groups in total. The molecule has 0 aromatic heterocycles. The van der Waals surface area contributed by atoms with Crippen LogP contribution in [0.15, 0.2) is 0 Å². The summed E-state index contributed by atoms with van der Waals surface area (Å²) in [4.78, 5) is 11.3. The van der Waals surface area contributed by atoms with Crippen LogP contribution in [0.25, 0.3) is 0 Å². The fraction of sp³-hybridized carbons (Fsp3) is 0.929. The number of aliphatic carboxylic acids is 1. The lowest BCUT2D eigenvalue weighted by Gasteiger charge is -2.27. The van der Waals surface area contributed by atoms with Crippen LogP contribution in [-0.2, 0) is 9.53 Å². The maximum Gasteiger partial charge on any atom is 0.323 e. The molecule has 0 aliphatic carbocycles. The van der Waals surface area contributed by atoms with Gasteiger partial charge in [0.2, 0.25) is 0 Å². The Bertz CT molecular complexity index is 243. The Labute approximate surface area is 111 Å². The molecular formula is C14H29NO3. The fourth-order valence-corrected chi connectivity index (χ4v) is 1.87. The number of nitrogens with one attached hydrogen (secondary N) is 1. The summed E-state index contributed by atoms with van der Waals surface area (Å²) in [5, 5.41) is 12.3. The van der Waals surface area contributed by atoms with Crippen LogP contribution in [0.1, 0.15) is 53.9 Å². The predicted molar refractivity (Wildman–Crippen MR) is 73.8 cm³/mol. The molecule has 4 heteroatoms. The van der Waals surface area contributed by atoms with Crippen molar-refractivity contribution in [3.05, 3.63) is 0 Å². The van der Waals surface area contributed by atoms with E-state index in [1.54, 1.807) is 6.92 Å². The summed E-state index contributed by atoms with van der Waals surface area (Å²) in [6.07, 6.45) is 2.61. The molecule has 0 radical (unpaired) electrons. The van der Waals surface area contributed by atoms with Crippen LogP contribution < -0.4 is 5.32 Å². The van der Waals surface area contributed by atoms with Crippen LogP contribution in [0.5, 0.6) is 0 Å². The van der Waals surface area contributed by atoms with Gasteiger partial charge in [0.1, 0.15) is 5.54 Å². The molecule has 0 aromatic rings. The quantitative estimate of drug-likeness (QED) is 0.633. The second-order valence-electron chi connectivity index (χ2n) is 5.62. The highest BCUT2D eigenvalue weighted by Crippen LogP contribution is 2.13. The van der Waals surface area contributed by atoms with E-state index in [9.17, 15) is 9.90 Å². The van der Waals surface area contributed by atoms with Crippen LogP contribution in [0, 0.1) is 5.92 Å². The summed E-state index contributed by atoms with van der Waals surface area (Å²) < 4.78 is 5.68. The lowest BCUT2D eigenvalue weighted by atomic mass is 9.98. The first-order chi connectivity index (χ1) is 8.31. The highest BCUT2D eigenvalue weighted by molar-refractivity contribution is 5.78. The standard InChI is InChI=1S/C14H29NO3/c1-6-8-15-14(5,13(16)17)7-9-18-12(4)10-11(2)3/h11-12,15H,6-10H2,1-5H3,(H,16,17). The zero-order valence-corrected chi connectivity index (χ0v) is 12.5. The molecule has 0 fully saturated rings. The first kappa shape index (κ1) is 17.4. The van der Waals surface area contributed by atoms with Gasteiger partial charge in [0.05, 0.1) is 6.10 Å². The van der Waals surface area contributed by atoms with Gasteiger partial charge in [-0.15, -0.1) is 0 Å². The average Bonchev–Trinajstić information content (AvgIpc) is 2.25. The largest absolute Gasteiger partial charge is 0.480 e. The van der Waals surface area contributed by atoms with Gasteiger partial charge < -0.3 is 15.2 Å². The van der Waals surface area contributed by atoms with Crippen molar-refractivity contribution in [3.63, 3.8) is 0 Å². The Morgan fingerprint density at radius 1 is 1.39 bits per heavy atom. The molecular weight excluding hydrogens is 230 g/mol. The minimum Gasteiger partial charge on any atom is -0.480 e. The normalized spacial score (nSPS) is 16.6. The third-order valence-electron chi connectivity index (χ3n) is 3.04. The van der Waals surface area contributed by atoms with Crippen LogP contribution in [0.3, 0.4) is 0 Å².